The van der Waals surface area contributed by atoms with Crippen LogP contribution in [0.4, 0.5) is 18.9 Å². The Morgan fingerprint density at radius 2 is 2.09 bits per heavy atom. The van der Waals surface area contributed by atoms with Gasteiger partial charge < -0.3 is 5.32 Å². The molecular formula is C12H9Cl2F3N4O. The summed E-state index contributed by atoms with van der Waals surface area (Å²) in [4.78, 5) is 15.6. The van der Waals surface area contributed by atoms with E-state index in [-0.39, 0.29) is 16.5 Å². The molecule has 1 N–H and O–H groups in total. The van der Waals surface area contributed by atoms with E-state index in [2.05, 4.69) is 15.4 Å². The number of nitrogens with zero attached hydrogens (tertiary/aromatic N) is 3. The highest BCUT2D eigenvalue weighted by atomic mass is 35.5. The average Bonchev–Trinajstić information content (AvgIpc) is 2.69. The summed E-state index contributed by atoms with van der Waals surface area (Å²) >= 11 is 11.4. The van der Waals surface area contributed by atoms with E-state index in [4.69, 9.17) is 23.2 Å². The second-order valence-corrected chi connectivity index (χ2v) is 5.03. The molecule has 0 radical (unpaired) electrons. The second kappa shape index (κ2) is 6.13. The molecule has 0 aromatic carbocycles. The molecule has 0 saturated carbocycles. The molecule has 0 aliphatic heterocycles. The molecule has 0 fully saturated rings. The predicted octanol–water partition coefficient (Wildman–Crippen LogP) is 3.55. The summed E-state index contributed by atoms with van der Waals surface area (Å²) in [6, 6.07) is 3.07. The van der Waals surface area contributed by atoms with Crippen molar-refractivity contribution in [1.29, 1.82) is 0 Å². The third-order valence-electron chi connectivity index (χ3n) is 2.73. The number of hydrogen-bond acceptors (Lipinski definition) is 3. The van der Waals surface area contributed by atoms with Gasteiger partial charge in [0.1, 0.15) is 6.54 Å². The number of aromatic nitrogens is 3. The van der Waals surface area contributed by atoms with Crippen molar-refractivity contribution in [3.8, 4) is 0 Å². The predicted molar refractivity (Wildman–Crippen MR) is 74.9 cm³/mol. The zero-order chi connectivity index (χ0) is 16.5. The lowest BCUT2D eigenvalue weighted by atomic mass is 10.3. The van der Waals surface area contributed by atoms with Crippen LogP contribution >= 0.6 is 23.2 Å². The highest BCUT2D eigenvalue weighted by Crippen LogP contribution is 2.35. The molecule has 0 atom stereocenters. The van der Waals surface area contributed by atoms with Crippen LogP contribution in [0.1, 0.15) is 11.4 Å². The summed E-state index contributed by atoms with van der Waals surface area (Å²) in [7, 11) is 0. The van der Waals surface area contributed by atoms with Gasteiger partial charge in [0.05, 0.1) is 16.4 Å². The van der Waals surface area contributed by atoms with Gasteiger partial charge in [0.25, 0.3) is 0 Å². The molecule has 1 amide bonds. The molecule has 2 aromatic rings. The molecule has 0 saturated heterocycles. The summed E-state index contributed by atoms with van der Waals surface area (Å²) in [6.45, 7) is 0.905. The number of anilines is 1. The van der Waals surface area contributed by atoms with Crippen molar-refractivity contribution in [3.05, 3.63) is 39.9 Å². The summed E-state index contributed by atoms with van der Waals surface area (Å²) in [5, 5.41) is 5.31. The van der Waals surface area contributed by atoms with Gasteiger partial charge in [-0.3, -0.25) is 9.48 Å². The first kappa shape index (κ1) is 16.6. The summed E-state index contributed by atoms with van der Waals surface area (Å²) in [5.41, 5.74) is -0.929. The molecule has 0 unspecified atom stereocenters. The van der Waals surface area contributed by atoms with E-state index in [0.717, 1.165) is 4.68 Å². The van der Waals surface area contributed by atoms with E-state index in [1.807, 2.05) is 0 Å². The molecule has 2 rings (SSSR count). The van der Waals surface area contributed by atoms with Crippen LogP contribution in [0.2, 0.25) is 10.2 Å². The smallest absolute Gasteiger partial charge is 0.322 e. The Labute approximate surface area is 133 Å². The molecule has 0 aliphatic rings. The highest BCUT2D eigenvalue weighted by molar-refractivity contribution is 6.32. The number of amides is 1. The number of halogens is 5. The van der Waals surface area contributed by atoms with Gasteiger partial charge in [0.15, 0.2) is 10.8 Å². The normalized spacial score (nSPS) is 11.5. The standard InChI is InChI=1S/C12H9Cl2F3N4O/c1-6-9(13)10(12(15,16)17)20-21(6)5-8(22)19-7-3-2-4-18-11(7)14/h2-4H,5H2,1H3,(H,19,22). The summed E-state index contributed by atoms with van der Waals surface area (Å²) < 4.78 is 39.0. The van der Waals surface area contributed by atoms with Gasteiger partial charge in [0.2, 0.25) is 5.91 Å². The number of carbonyl (C=O) groups excluding carboxylic acids is 1. The SMILES string of the molecule is Cc1c(Cl)c(C(F)(F)F)nn1CC(=O)Nc1cccnc1Cl. The Morgan fingerprint density at radius 1 is 1.41 bits per heavy atom. The molecular weight excluding hydrogens is 344 g/mol. The van der Waals surface area contributed by atoms with Crippen molar-refractivity contribution in [3.63, 3.8) is 0 Å². The molecule has 0 aliphatic carbocycles. The highest BCUT2D eigenvalue weighted by Gasteiger charge is 2.38. The lowest BCUT2D eigenvalue weighted by molar-refractivity contribution is -0.141. The monoisotopic (exact) mass is 352 g/mol. The number of alkyl halides is 3. The van der Waals surface area contributed by atoms with Crippen LogP contribution in [0.3, 0.4) is 0 Å². The van der Waals surface area contributed by atoms with Gasteiger partial charge >= 0.3 is 6.18 Å². The van der Waals surface area contributed by atoms with Gasteiger partial charge in [-0.1, -0.05) is 23.2 Å². The molecule has 0 spiro atoms. The molecule has 10 heteroatoms. The average molecular weight is 353 g/mol. The Hall–Kier alpha value is -1.80. The molecule has 2 aromatic heterocycles. The van der Waals surface area contributed by atoms with Crippen LogP contribution in [-0.2, 0) is 17.5 Å². The largest absolute Gasteiger partial charge is 0.436 e. The van der Waals surface area contributed by atoms with Crippen LogP contribution < -0.4 is 5.32 Å². The first-order chi connectivity index (χ1) is 10.2. The topological polar surface area (TPSA) is 59.8 Å². The van der Waals surface area contributed by atoms with Crippen molar-refractivity contribution < 1.29 is 18.0 Å². The molecule has 118 valence electrons. The minimum atomic E-state index is -4.68. The minimum absolute atomic E-state index is 0.0430. The van der Waals surface area contributed by atoms with E-state index < -0.39 is 29.3 Å². The van der Waals surface area contributed by atoms with Crippen LogP contribution in [0, 0.1) is 6.92 Å². The third-order valence-corrected chi connectivity index (χ3v) is 3.48. The van der Waals surface area contributed by atoms with E-state index in [0.29, 0.717) is 0 Å². The van der Waals surface area contributed by atoms with E-state index >= 15 is 0 Å². The Kier molecular flexibility index (Phi) is 4.62. The number of pyridine rings is 1. The van der Waals surface area contributed by atoms with Crippen molar-refractivity contribution in [2.45, 2.75) is 19.6 Å². The second-order valence-electron chi connectivity index (χ2n) is 4.29. The maximum absolute atomic E-state index is 12.7. The zero-order valence-corrected chi connectivity index (χ0v) is 12.6. The maximum atomic E-state index is 12.7. The van der Waals surface area contributed by atoms with E-state index in [9.17, 15) is 18.0 Å². The lowest BCUT2D eigenvalue weighted by Crippen LogP contribution is -2.21. The fourth-order valence-corrected chi connectivity index (χ4v) is 2.07. The number of rotatable bonds is 3. The molecule has 5 nitrogen and oxygen atoms in total. The summed E-state index contributed by atoms with van der Waals surface area (Å²) in [6.07, 6.45) is -3.25. The molecule has 2 heterocycles. The van der Waals surface area contributed by atoms with E-state index in [1.54, 1.807) is 6.07 Å². The summed E-state index contributed by atoms with van der Waals surface area (Å²) in [5.74, 6) is -0.606. The first-order valence-corrected chi connectivity index (χ1v) is 6.66. The molecule has 22 heavy (non-hydrogen) atoms. The van der Waals surface area contributed by atoms with Crippen molar-refractivity contribution in [1.82, 2.24) is 14.8 Å². The van der Waals surface area contributed by atoms with Gasteiger partial charge in [0, 0.05) is 6.20 Å². The molecule has 0 bridgehead atoms. The van der Waals surface area contributed by atoms with Gasteiger partial charge in [-0.05, 0) is 19.1 Å². The van der Waals surface area contributed by atoms with Crippen molar-refractivity contribution in [2.75, 3.05) is 5.32 Å². The van der Waals surface area contributed by atoms with Crippen LogP contribution in [0.25, 0.3) is 0 Å². The Bertz CT molecular complexity index is 715. The first-order valence-electron chi connectivity index (χ1n) is 5.90. The fourth-order valence-electron chi connectivity index (χ4n) is 1.66. The van der Waals surface area contributed by atoms with Gasteiger partial charge in [-0.15, -0.1) is 0 Å². The van der Waals surface area contributed by atoms with Gasteiger partial charge in [-0.25, -0.2) is 4.98 Å². The minimum Gasteiger partial charge on any atom is -0.322 e. The zero-order valence-electron chi connectivity index (χ0n) is 11.1. The quantitative estimate of drug-likeness (QED) is 0.859. The van der Waals surface area contributed by atoms with Crippen LogP contribution in [0.15, 0.2) is 18.3 Å². The Morgan fingerprint density at radius 3 is 2.64 bits per heavy atom. The van der Waals surface area contributed by atoms with Crippen LogP contribution in [-0.4, -0.2) is 20.7 Å². The van der Waals surface area contributed by atoms with E-state index in [1.165, 1.54) is 19.2 Å². The van der Waals surface area contributed by atoms with Crippen molar-refractivity contribution in [2.24, 2.45) is 0 Å². The number of hydrogen-bond donors (Lipinski definition) is 1. The Balaban J connectivity index is 2.18. The van der Waals surface area contributed by atoms with Crippen LogP contribution in [0.5, 0.6) is 0 Å². The third kappa shape index (κ3) is 3.50. The number of carbonyl (C=O) groups is 1. The number of nitrogens with one attached hydrogen (secondary N) is 1. The lowest BCUT2D eigenvalue weighted by Gasteiger charge is -2.07. The maximum Gasteiger partial charge on any atom is 0.436 e. The van der Waals surface area contributed by atoms with Gasteiger partial charge in [-0.2, -0.15) is 18.3 Å². The van der Waals surface area contributed by atoms with Crippen molar-refractivity contribution >= 4 is 34.8 Å². The fraction of sp³-hybridized carbons (Fsp3) is 0.250.